The van der Waals surface area contributed by atoms with E-state index in [4.69, 9.17) is 5.11 Å². The molecular weight excluding hydrogens is 202 g/mol. The van der Waals surface area contributed by atoms with Gasteiger partial charge in [-0.3, -0.25) is 0 Å². The highest BCUT2D eigenvalue weighted by Gasteiger charge is 2.27. The minimum atomic E-state index is -0.0739. The van der Waals surface area contributed by atoms with Crippen molar-refractivity contribution >= 4 is 5.69 Å². The molecule has 0 aromatic heterocycles. The van der Waals surface area contributed by atoms with E-state index in [1.165, 1.54) is 5.69 Å². The lowest BCUT2D eigenvalue weighted by molar-refractivity contribution is 0.0465. The molecule has 3 heteroatoms. The Labute approximate surface area is 96.3 Å². The Morgan fingerprint density at radius 3 is 2.38 bits per heavy atom. The van der Waals surface area contributed by atoms with Crippen LogP contribution in [0.25, 0.3) is 0 Å². The fourth-order valence-electron chi connectivity index (χ4n) is 2.20. The van der Waals surface area contributed by atoms with Crippen molar-refractivity contribution in [1.29, 1.82) is 0 Å². The van der Waals surface area contributed by atoms with Crippen molar-refractivity contribution in [1.82, 2.24) is 0 Å². The van der Waals surface area contributed by atoms with Gasteiger partial charge in [0.15, 0.2) is 0 Å². The maximum absolute atomic E-state index is 9.22. The standard InChI is InChI=1S/C13H19NO2/c1-14(8-11-6-13(16)7-11)12-4-2-10(9-15)3-5-12/h2-5,11,13,15-16H,6-9H2,1H3. The Balaban J connectivity index is 1.90. The van der Waals surface area contributed by atoms with E-state index in [0.29, 0.717) is 5.92 Å². The molecule has 1 aromatic rings. The molecule has 0 spiro atoms. The average molecular weight is 221 g/mol. The first-order chi connectivity index (χ1) is 7.69. The van der Waals surface area contributed by atoms with Gasteiger partial charge in [0.05, 0.1) is 12.7 Å². The molecule has 2 N–H and O–H groups in total. The average Bonchev–Trinajstić information content (AvgIpc) is 2.27. The van der Waals surface area contributed by atoms with Gasteiger partial charge in [0, 0.05) is 19.3 Å². The highest BCUT2D eigenvalue weighted by atomic mass is 16.3. The smallest absolute Gasteiger partial charge is 0.0681 e. The van der Waals surface area contributed by atoms with E-state index in [9.17, 15) is 5.11 Å². The largest absolute Gasteiger partial charge is 0.393 e. The lowest BCUT2D eigenvalue weighted by atomic mass is 9.82. The van der Waals surface area contributed by atoms with Crippen molar-refractivity contribution in [2.45, 2.75) is 25.6 Å². The molecule has 2 rings (SSSR count). The van der Waals surface area contributed by atoms with Crippen LogP contribution in [0.3, 0.4) is 0 Å². The minimum absolute atomic E-state index is 0.0739. The second kappa shape index (κ2) is 4.85. The Morgan fingerprint density at radius 1 is 1.25 bits per heavy atom. The summed E-state index contributed by atoms with van der Waals surface area (Å²) in [6.07, 6.45) is 1.79. The molecule has 16 heavy (non-hydrogen) atoms. The lowest BCUT2D eigenvalue weighted by Crippen LogP contribution is -2.37. The molecule has 88 valence electrons. The zero-order valence-corrected chi connectivity index (χ0v) is 9.63. The van der Waals surface area contributed by atoms with Gasteiger partial charge in [0.2, 0.25) is 0 Å². The summed E-state index contributed by atoms with van der Waals surface area (Å²) in [6, 6.07) is 7.95. The molecule has 1 aromatic carbocycles. The van der Waals surface area contributed by atoms with Gasteiger partial charge in [-0.15, -0.1) is 0 Å². The third kappa shape index (κ3) is 2.54. The van der Waals surface area contributed by atoms with Crippen LogP contribution in [-0.2, 0) is 6.61 Å². The summed E-state index contributed by atoms with van der Waals surface area (Å²) in [7, 11) is 2.07. The van der Waals surface area contributed by atoms with Crippen LogP contribution in [0.1, 0.15) is 18.4 Å². The van der Waals surface area contributed by atoms with Gasteiger partial charge in [-0.1, -0.05) is 12.1 Å². The molecule has 3 nitrogen and oxygen atoms in total. The predicted octanol–water partition coefficient (Wildman–Crippen LogP) is 1.39. The number of rotatable bonds is 4. The Bertz CT molecular complexity index is 330. The van der Waals surface area contributed by atoms with Crippen LogP contribution in [-0.4, -0.2) is 29.9 Å². The van der Waals surface area contributed by atoms with Gasteiger partial charge in [0.25, 0.3) is 0 Å². The van der Waals surface area contributed by atoms with Crippen molar-refractivity contribution in [2.75, 3.05) is 18.5 Å². The summed E-state index contributed by atoms with van der Waals surface area (Å²) in [6.45, 7) is 1.09. The predicted molar refractivity (Wildman–Crippen MR) is 64.4 cm³/mol. The number of hydrogen-bond acceptors (Lipinski definition) is 3. The van der Waals surface area contributed by atoms with Crippen LogP contribution in [0.4, 0.5) is 5.69 Å². The number of aliphatic hydroxyl groups excluding tert-OH is 2. The topological polar surface area (TPSA) is 43.7 Å². The van der Waals surface area contributed by atoms with E-state index in [1.807, 2.05) is 24.3 Å². The minimum Gasteiger partial charge on any atom is -0.393 e. The van der Waals surface area contributed by atoms with Crippen LogP contribution in [0.15, 0.2) is 24.3 Å². The summed E-state index contributed by atoms with van der Waals surface area (Å²) in [5.41, 5.74) is 2.11. The summed E-state index contributed by atoms with van der Waals surface area (Å²) in [5.74, 6) is 0.623. The Morgan fingerprint density at radius 2 is 1.88 bits per heavy atom. The maximum atomic E-state index is 9.22. The highest BCUT2D eigenvalue weighted by molar-refractivity contribution is 5.46. The van der Waals surface area contributed by atoms with Gasteiger partial charge >= 0.3 is 0 Å². The van der Waals surface area contributed by atoms with E-state index < -0.39 is 0 Å². The van der Waals surface area contributed by atoms with Gasteiger partial charge < -0.3 is 15.1 Å². The third-order valence-corrected chi connectivity index (χ3v) is 3.30. The SMILES string of the molecule is CN(CC1CC(O)C1)c1ccc(CO)cc1. The summed E-state index contributed by atoms with van der Waals surface area (Å²) < 4.78 is 0. The molecule has 0 amide bonds. The molecule has 0 atom stereocenters. The first kappa shape index (κ1) is 11.4. The molecule has 0 saturated heterocycles. The normalized spacial score (nSPS) is 23.9. The molecule has 0 aliphatic heterocycles. The molecule has 1 fully saturated rings. The molecule has 1 saturated carbocycles. The zero-order chi connectivity index (χ0) is 11.5. The lowest BCUT2D eigenvalue weighted by Gasteiger charge is -2.35. The fourth-order valence-corrected chi connectivity index (χ4v) is 2.20. The van der Waals surface area contributed by atoms with Crippen molar-refractivity contribution in [3.8, 4) is 0 Å². The molecule has 0 heterocycles. The number of hydrogen-bond donors (Lipinski definition) is 2. The van der Waals surface area contributed by atoms with E-state index in [1.54, 1.807) is 0 Å². The fraction of sp³-hybridized carbons (Fsp3) is 0.538. The summed E-state index contributed by atoms with van der Waals surface area (Å²) >= 11 is 0. The summed E-state index contributed by atoms with van der Waals surface area (Å²) in [5, 5.41) is 18.2. The zero-order valence-electron chi connectivity index (χ0n) is 9.63. The van der Waals surface area contributed by atoms with Gasteiger partial charge in [-0.25, -0.2) is 0 Å². The second-order valence-corrected chi connectivity index (χ2v) is 4.70. The Kier molecular flexibility index (Phi) is 3.46. The molecule has 1 aliphatic rings. The molecule has 0 unspecified atom stereocenters. The summed E-state index contributed by atoms with van der Waals surface area (Å²) in [4.78, 5) is 2.21. The number of nitrogens with zero attached hydrogens (tertiary/aromatic N) is 1. The van der Waals surface area contributed by atoms with Crippen LogP contribution >= 0.6 is 0 Å². The molecular formula is C13H19NO2. The van der Waals surface area contributed by atoms with E-state index >= 15 is 0 Å². The third-order valence-electron chi connectivity index (χ3n) is 3.30. The maximum Gasteiger partial charge on any atom is 0.0681 e. The van der Waals surface area contributed by atoms with Crippen molar-refractivity contribution in [2.24, 2.45) is 5.92 Å². The highest BCUT2D eigenvalue weighted by Crippen LogP contribution is 2.29. The molecule has 1 aliphatic carbocycles. The quantitative estimate of drug-likeness (QED) is 0.807. The van der Waals surface area contributed by atoms with Crippen LogP contribution in [0.2, 0.25) is 0 Å². The van der Waals surface area contributed by atoms with E-state index in [0.717, 1.165) is 24.9 Å². The first-order valence-electron chi connectivity index (χ1n) is 5.78. The Hall–Kier alpha value is -1.06. The van der Waals surface area contributed by atoms with Gasteiger partial charge in [-0.2, -0.15) is 0 Å². The molecule has 0 bridgehead atoms. The van der Waals surface area contributed by atoms with Crippen molar-refractivity contribution < 1.29 is 10.2 Å². The van der Waals surface area contributed by atoms with Crippen LogP contribution < -0.4 is 4.90 Å². The van der Waals surface area contributed by atoms with Gasteiger partial charge in [-0.05, 0) is 36.5 Å². The molecule has 0 radical (unpaired) electrons. The second-order valence-electron chi connectivity index (χ2n) is 4.70. The van der Waals surface area contributed by atoms with Gasteiger partial charge in [0.1, 0.15) is 0 Å². The van der Waals surface area contributed by atoms with Crippen molar-refractivity contribution in [3.63, 3.8) is 0 Å². The monoisotopic (exact) mass is 221 g/mol. The van der Waals surface area contributed by atoms with Crippen LogP contribution in [0, 0.1) is 5.92 Å². The number of aliphatic hydroxyl groups is 2. The first-order valence-corrected chi connectivity index (χ1v) is 5.78. The van der Waals surface area contributed by atoms with Crippen molar-refractivity contribution in [3.05, 3.63) is 29.8 Å². The van der Waals surface area contributed by atoms with Crippen LogP contribution in [0.5, 0.6) is 0 Å². The number of anilines is 1. The number of benzene rings is 1. The van der Waals surface area contributed by atoms with E-state index in [2.05, 4.69) is 11.9 Å². The van der Waals surface area contributed by atoms with E-state index in [-0.39, 0.29) is 12.7 Å².